The van der Waals surface area contributed by atoms with Crippen LogP contribution in [-0.2, 0) is 9.47 Å². The van der Waals surface area contributed by atoms with E-state index in [1.165, 1.54) is 12.8 Å². The van der Waals surface area contributed by atoms with Gasteiger partial charge in [0.2, 0.25) is 0 Å². The van der Waals surface area contributed by atoms with Gasteiger partial charge in [-0.05, 0) is 44.4 Å². The maximum absolute atomic E-state index is 8.49. The zero-order valence-corrected chi connectivity index (χ0v) is 11.7. The molecule has 3 nitrogen and oxygen atoms in total. The van der Waals surface area contributed by atoms with Gasteiger partial charge in [0.05, 0.1) is 31.3 Å². The van der Waals surface area contributed by atoms with Crippen LogP contribution in [-0.4, -0.2) is 24.4 Å². The standard InChI is InChI=1S/C16H21NO2/c1-16(2,18-8-4-7-17)6-3-5-11-9-12-10-13(11)15-14(12)19-15/h11-15H,4-5,8-10H2,1-2H3. The van der Waals surface area contributed by atoms with Crippen molar-refractivity contribution in [2.45, 2.75) is 57.3 Å². The van der Waals surface area contributed by atoms with Crippen LogP contribution in [0.3, 0.4) is 0 Å². The van der Waals surface area contributed by atoms with Crippen LogP contribution in [0.25, 0.3) is 0 Å². The van der Waals surface area contributed by atoms with Gasteiger partial charge in [0.15, 0.2) is 0 Å². The van der Waals surface area contributed by atoms with Crippen LogP contribution in [0.5, 0.6) is 0 Å². The number of rotatable bonds is 4. The normalized spacial score (nSPS) is 38.3. The number of epoxide rings is 1. The first-order valence-corrected chi connectivity index (χ1v) is 7.27. The van der Waals surface area contributed by atoms with Crippen molar-refractivity contribution < 1.29 is 9.47 Å². The molecule has 2 aliphatic carbocycles. The van der Waals surface area contributed by atoms with E-state index in [-0.39, 0.29) is 0 Å². The van der Waals surface area contributed by atoms with Gasteiger partial charge in [-0.1, -0.05) is 11.8 Å². The van der Waals surface area contributed by atoms with Gasteiger partial charge in [0.25, 0.3) is 0 Å². The molecule has 5 unspecified atom stereocenters. The average molecular weight is 259 g/mol. The minimum absolute atomic E-state index is 0.428. The van der Waals surface area contributed by atoms with Gasteiger partial charge < -0.3 is 9.47 Å². The molecule has 0 radical (unpaired) electrons. The molecule has 1 aliphatic heterocycles. The van der Waals surface area contributed by atoms with Crippen LogP contribution in [0.1, 0.15) is 39.5 Å². The Morgan fingerprint density at radius 3 is 2.84 bits per heavy atom. The molecule has 3 heteroatoms. The molecule has 5 atom stereocenters. The number of hydrogen-bond acceptors (Lipinski definition) is 3. The van der Waals surface area contributed by atoms with E-state index in [0.717, 1.165) is 24.2 Å². The zero-order chi connectivity index (χ0) is 13.5. The lowest BCUT2D eigenvalue weighted by molar-refractivity contribution is 0.0306. The molecule has 3 aliphatic rings. The lowest BCUT2D eigenvalue weighted by atomic mass is 9.86. The summed E-state index contributed by atoms with van der Waals surface area (Å²) in [5, 5.41) is 8.49. The number of fused-ring (bicyclic) bond motifs is 5. The molecule has 102 valence electrons. The predicted octanol–water partition coefficient (Wildman–Crippen LogP) is 2.51. The molecule has 3 rings (SSSR count). The first-order chi connectivity index (χ1) is 9.11. The zero-order valence-electron chi connectivity index (χ0n) is 11.7. The maximum Gasteiger partial charge on any atom is 0.123 e. The first-order valence-electron chi connectivity index (χ1n) is 7.27. The quantitative estimate of drug-likeness (QED) is 0.443. The third kappa shape index (κ3) is 2.64. The molecule has 0 spiro atoms. The molecule has 0 aromatic rings. The molecule has 0 aromatic heterocycles. The molecule has 3 fully saturated rings. The topological polar surface area (TPSA) is 45.5 Å². The second-order valence-electron chi connectivity index (χ2n) is 6.49. The van der Waals surface area contributed by atoms with E-state index in [2.05, 4.69) is 17.9 Å². The summed E-state index contributed by atoms with van der Waals surface area (Å²) in [7, 11) is 0. The lowest BCUT2D eigenvalue weighted by Gasteiger charge is -2.19. The highest BCUT2D eigenvalue weighted by Crippen LogP contribution is 2.59. The second-order valence-corrected chi connectivity index (χ2v) is 6.49. The minimum Gasteiger partial charge on any atom is -0.369 e. The summed E-state index contributed by atoms with van der Waals surface area (Å²) in [4.78, 5) is 0. The Balaban J connectivity index is 1.47. The summed E-state index contributed by atoms with van der Waals surface area (Å²) in [6, 6.07) is 2.08. The van der Waals surface area contributed by atoms with Gasteiger partial charge in [-0.2, -0.15) is 5.26 Å². The van der Waals surface area contributed by atoms with Gasteiger partial charge in [-0.3, -0.25) is 0 Å². The van der Waals surface area contributed by atoms with Crippen LogP contribution in [0.15, 0.2) is 0 Å². The summed E-state index contributed by atoms with van der Waals surface area (Å²) in [5.74, 6) is 8.84. The lowest BCUT2D eigenvalue weighted by Crippen LogP contribution is -2.23. The Morgan fingerprint density at radius 2 is 2.16 bits per heavy atom. The molecule has 0 amide bonds. The Bertz CT molecular complexity index is 454. The largest absolute Gasteiger partial charge is 0.369 e. The molecule has 1 heterocycles. The van der Waals surface area contributed by atoms with E-state index in [1.54, 1.807) is 0 Å². The highest BCUT2D eigenvalue weighted by molar-refractivity contribution is 5.16. The van der Waals surface area contributed by atoms with Crippen LogP contribution in [0.2, 0.25) is 0 Å². The van der Waals surface area contributed by atoms with Crippen molar-refractivity contribution in [1.29, 1.82) is 5.26 Å². The Kier molecular flexibility index (Phi) is 3.29. The summed E-state index contributed by atoms with van der Waals surface area (Å²) < 4.78 is 11.3. The monoisotopic (exact) mass is 259 g/mol. The van der Waals surface area contributed by atoms with Gasteiger partial charge >= 0.3 is 0 Å². The fraction of sp³-hybridized carbons (Fsp3) is 0.812. The van der Waals surface area contributed by atoms with Crippen molar-refractivity contribution in [1.82, 2.24) is 0 Å². The fourth-order valence-corrected chi connectivity index (χ4v) is 3.75. The van der Waals surface area contributed by atoms with Crippen LogP contribution >= 0.6 is 0 Å². The van der Waals surface area contributed by atoms with Crippen molar-refractivity contribution >= 4 is 0 Å². The average Bonchev–Trinajstić information content (AvgIpc) is 2.97. The first kappa shape index (κ1) is 13.0. The van der Waals surface area contributed by atoms with E-state index in [4.69, 9.17) is 14.7 Å². The van der Waals surface area contributed by atoms with Gasteiger partial charge in [-0.25, -0.2) is 0 Å². The number of nitriles is 1. The Morgan fingerprint density at radius 1 is 1.32 bits per heavy atom. The summed E-state index contributed by atoms with van der Waals surface area (Å²) in [5.41, 5.74) is -0.437. The summed E-state index contributed by atoms with van der Waals surface area (Å²) >= 11 is 0. The molecule has 1 saturated heterocycles. The van der Waals surface area contributed by atoms with Crippen molar-refractivity contribution in [3.05, 3.63) is 0 Å². The van der Waals surface area contributed by atoms with Gasteiger partial charge in [0.1, 0.15) is 5.60 Å². The van der Waals surface area contributed by atoms with E-state index < -0.39 is 5.60 Å². The van der Waals surface area contributed by atoms with Crippen LogP contribution in [0, 0.1) is 40.9 Å². The molecular formula is C16H21NO2. The molecule has 19 heavy (non-hydrogen) atoms. The highest BCUT2D eigenvalue weighted by Gasteiger charge is 2.62. The smallest absolute Gasteiger partial charge is 0.123 e. The Labute approximate surface area is 115 Å². The third-order valence-electron chi connectivity index (χ3n) is 4.66. The maximum atomic E-state index is 8.49. The summed E-state index contributed by atoms with van der Waals surface area (Å²) in [6.45, 7) is 4.40. The van der Waals surface area contributed by atoms with Crippen molar-refractivity contribution in [3.8, 4) is 17.9 Å². The van der Waals surface area contributed by atoms with E-state index >= 15 is 0 Å². The molecular weight excluding hydrogens is 238 g/mol. The minimum atomic E-state index is -0.437. The third-order valence-corrected chi connectivity index (χ3v) is 4.66. The van der Waals surface area contributed by atoms with Crippen LogP contribution in [0.4, 0.5) is 0 Å². The van der Waals surface area contributed by atoms with E-state index in [1.807, 2.05) is 13.8 Å². The van der Waals surface area contributed by atoms with Crippen LogP contribution < -0.4 is 0 Å². The molecule has 2 saturated carbocycles. The molecule has 0 aromatic carbocycles. The van der Waals surface area contributed by atoms with E-state index in [9.17, 15) is 0 Å². The number of nitrogens with zero attached hydrogens (tertiary/aromatic N) is 1. The SMILES string of the molecule is CC(C)(C#CCC1CC2CC1C1OC21)OCCC#N. The number of hydrogen-bond donors (Lipinski definition) is 0. The van der Waals surface area contributed by atoms with Gasteiger partial charge in [0, 0.05) is 6.42 Å². The second kappa shape index (κ2) is 4.82. The number of ether oxygens (including phenoxy) is 2. The van der Waals surface area contributed by atoms with Gasteiger partial charge in [-0.15, -0.1) is 0 Å². The predicted molar refractivity (Wildman–Crippen MR) is 71.0 cm³/mol. The highest BCUT2D eigenvalue weighted by atomic mass is 16.6. The fourth-order valence-electron chi connectivity index (χ4n) is 3.75. The Hall–Kier alpha value is -1.03. The van der Waals surface area contributed by atoms with Crippen molar-refractivity contribution in [3.63, 3.8) is 0 Å². The van der Waals surface area contributed by atoms with E-state index in [0.29, 0.717) is 25.2 Å². The molecule has 2 bridgehead atoms. The molecule has 0 N–H and O–H groups in total. The van der Waals surface area contributed by atoms with Crippen molar-refractivity contribution in [2.24, 2.45) is 17.8 Å². The van der Waals surface area contributed by atoms with Crippen molar-refractivity contribution in [2.75, 3.05) is 6.61 Å². The summed E-state index contributed by atoms with van der Waals surface area (Å²) in [6.07, 6.45) is 5.25.